The second-order valence-electron chi connectivity index (χ2n) is 6.79. The van der Waals surface area contributed by atoms with Gasteiger partial charge in [0.05, 0.1) is 23.6 Å². The molecule has 25 heavy (non-hydrogen) atoms. The fourth-order valence-corrected chi connectivity index (χ4v) is 4.33. The topological polar surface area (TPSA) is 79.3 Å². The lowest BCUT2D eigenvalue weighted by Gasteiger charge is -2.39. The standard InChI is InChI=1S/C19H22N2O3S/c1-19(10-6-5-9-15(19)18(23)24)21-16(22)11-14-12-25-17(20-14)13-7-3-2-4-8-13/h2-4,7-8,12,15H,5-6,9-11H2,1H3,(H,21,22)(H,23,24). The molecule has 132 valence electrons. The smallest absolute Gasteiger partial charge is 0.308 e. The molecule has 1 aromatic heterocycles. The molecule has 2 aromatic rings. The van der Waals surface area contributed by atoms with E-state index < -0.39 is 17.4 Å². The number of amides is 1. The normalized spacial score (nSPS) is 23.2. The van der Waals surface area contributed by atoms with E-state index in [1.807, 2.05) is 42.6 Å². The summed E-state index contributed by atoms with van der Waals surface area (Å²) < 4.78 is 0. The minimum atomic E-state index is -0.831. The zero-order valence-corrected chi connectivity index (χ0v) is 15.0. The minimum absolute atomic E-state index is 0.166. The second-order valence-corrected chi connectivity index (χ2v) is 7.65. The van der Waals surface area contributed by atoms with Crippen LogP contribution in [-0.2, 0) is 16.0 Å². The van der Waals surface area contributed by atoms with Crippen molar-refractivity contribution in [3.05, 3.63) is 41.4 Å². The number of hydrogen-bond acceptors (Lipinski definition) is 4. The van der Waals surface area contributed by atoms with E-state index in [0.29, 0.717) is 18.5 Å². The minimum Gasteiger partial charge on any atom is -0.481 e. The first-order valence-electron chi connectivity index (χ1n) is 8.51. The monoisotopic (exact) mass is 358 g/mol. The number of thiazole rings is 1. The predicted molar refractivity (Wildman–Crippen MR) is 97.4 cm³/mol. The number of carbonyl (C=O) groups excluding carboxylic acids is 1. The molecular formula is C19H22N2O3S. The van der Waals surface area contributed by atoms with Crippen LogP contribution in [0.15, 0.2) is 35.7 Å². The SMILES string of the molecule is CC1(NC(=O)Cc2csc(-c3ccccc3)n2)CCCCC1C(=O)O. The Morgan fingerprint density at radius 3 is 2.80 bits per heavy atom. The third-order valence-corrected chi connectivity index (χ3v) is 5.79. The molecule has 5 nitrogen and oxygen atoms in total. The lowest BCUT2D eigenvalue weighted by Crippen LogP contribution is -2.55. The lowest BCUT2D eigenvalue weighted by molar-refractivity contribution is -0.146. The second kappa shape index (κ2) is 7.35. The summed E-state index contributed by atoms with van der Waals surface area (Å²) in [6.07, 6.45) is 3.32. The van der Waals surface area contributed by atoms with E-state index in [2.05, 4.69) is 10.3 Å². The number of rotatable bonds is 5. The molecule has 1 saturated carbocycles. The van der Waals surface area contributed by atoms with Crippen molar-refractivity contribution < 1.29 is 14.7 Å². The Kier molecular flexibility index (Phi) is 5.18. The number of carbonyl (C=O) groups is 2. The molecule has 1 heterocycles. The first kappa shape index (κ1) is 17.6. The van der Waals surface area contributed by atoms with Gasteiger partial charge in [-0.1, -0.05) is 43.2 Å². The maximum atomic E-state index is 12.5. The molecule has 0 radical (unpaired) electrons. The number of carboxylic acid groups (broad SMARTS) is 1. The van der Waals surface area contributed by atoms with Crippen molar-refractivity contribution >= 4 is 23.2 Å². The van der Waals surface area contributed by atoms with Gasteiger partial charge in [0.15, 0.2) is 0 Å². The largest absolute Gasteiger partial charge is 0.481 e. The van der Waals surface area contributed by atoms with Gasteiger partial charge < -0.3 is 10.4 Å². The molecule has 0 aliphatic heterocycles. The van der Waals surface area contributed by atoms with Crippen molar-refractivity contribution in [3.8, 4) is 10.6 Å². The van der Waals surface area contributed by atoms with Gasteiger partial charge in [-0.15, -0.1) is 11.3 Å². The molecule has 0 bridgehead atoms. The highest BCUT2D eigenvalue weighted by atomic mass is 32.1. The highest BCUT2D eigenvalue weighted by molar-refractivity contribution is 7.13. The van der Waals surface area contributed by atoms with Crippen molar-refractivity contribution in [3.63, 3.8) is 0 Å². The van der Waals surface area contributed by atoms with Crippen molar-refractivity contribution in [1.82, 2.24) is 10.3 Å². The van der Waals surface area contributed by atoms with Gasteiger partial charge in [-0.2, -0.15) is 0 Å². The summed E-state index contributed by atoms with van der Waals surface area (Å²) in [5.41, 5.74) is 1.07. The Balaban J connectivity index is 1.66. The molecule has 2 unspecified atom stereocenters. The first-order valence-corrected chi connectivity index (χ1v) is 9.39. The summed E-state index contributed by atoms with van der Waals surface area (Å²) in [6, 6.07) is 9.85. The fraction of sp³-hybridized carbons (Fsp3) is 0.421. The number of aromatic nitrogens is 1. The zero-order chi connectivity index (χ0) is 17.9. The van der Waals surface area contributed by atoms with E-state index in [9.17, 15) is 14.7 Å². The van der Waals surface area contributed by atoms with Crippen LogP contribution in [0.3, 0.4) is 0 Å². The summed E-state index contributed by atoms with van der Waals surface area (Å²) in [5, 5.41) is 15.2. The summed E-state index contributed by atoms with van der Waals surface area (Å²) in [7, 11) is 0. The van der Waals surface area contributed by atoms with Crippen molar-refractivity contribution in [2.24, 2.45) is 5.92 Å². The van der Waals surface area contributed by atoms with E-state index in [1.54, 1.807) is 0 Å². The van der Waals surface area contributed by atoms with Gasteiger partial charge in [-0.25, -0.2) is 4.98 Å². The Labute approximate surface area is 151 Å². The number of nitrogens with zero attached hydrogens (tertiary/aromatic N) is 1. The number of aliphatic carboxylic acids is 1. The molecule has 1 aromatic carbocycles. The molecule has 0 saturated heterocycles. The highest BCUT2D eigenvalue weighted by Crippen LogP contribution is 2.34. The van der Waals surface area contributed by atoms with Crippen molar-refractivity contribution in [2.45, 2.75) is 44.6 Å². The average Bonchev–Trinajstić information content (AvgIpc) is 3.03. The van der Waals surface area contributed by atoms with Crippen LogP contribution in [-0.4, -0.2) is 27.5 Å². The molecule has 1 aliphatic rings. The quantitative estimate of drug-likeness (QED) is 0.857. The third-order valence-electron chi connectivity index (χ3n) is 4.85. The maximum Gasteiger partial charge on any atom is 0.308 e. The first-order chi connectivity index (χ1) is 12.0. The fourth-order valence-electron chi connectivity index (χ4n) is 3.51. The van der Waals surface area contributed by atoms with E-state index in [1.165, 1.54) is 11.3 Å². The van der Waals surface area contributed by atoms with Crippen LogP contribution in [0.4, 0.5) is 0 Å². The summed E-state index contributed by atoms with van der Waals surface area (Å²) >= 11 is 1.51. The molecule has 2 atom stereocenters. The van der Waals surface area contributed by atoms with E-state index in [4.69, 9.17) is 0 Å². The number of carboxylic acids is 1. The van der Waals surface area contributed by atoms with Gasteiger partial charge in [0.2, 0.25) is 5.91 Å². The Hall–Kier alpha value is -2.21. The Morgan fingerprint density at radius 2 is 2.08 bits per heavy atom. The molecule has 1 amide bonds. The summed E-state index contributed by atoms with van der Waals surface area (Å²) in [6.45, 7) is 1.85. The van der Waals surface area contributed by atoms with Crippen molar-refractivity contribution in [2.75, 3.05) is 0 Å². The third kappa shape index (κ3) is 4.07. The van der Waals surface area contributed by atoms with Crippen LogP contribution in [0, 0.1) is 5.92 Å². The molecule has 0 spiro atoms. The van der Waals surface area contributed by atoms with E-state index in [0.717, 1.165) is 23.4 Å². The van der Waals surface area contributed by atoms with Gasteiger partial charge in [-0.3, -0.25) is 9.59 Å². The van der Waals surface area contributed by atoms with Gasteiger partial charge in [0, 0.05) is 10.9 Å². The van der Waals surface area contributed by atoms with Gasteiger partial charge >= 0.3 is 5.97 Å². The van der Waals surface area contributed by atoms with Gasteiger partial charge in [0.25, 0.3) is 0 Å². The van der Waals surface area contributed by atoms with E-state index in [-0.39, 0.29) is 12.3 Å². The summed E-state index contributed by atoms with van der Waals surface area (Å²) in [4.78, 5) is 28.5. The Morgan fingerprint density at radius 1 is 1.32 bits per heavy atom. The number of benzene rings is 1. The molecular weight excluding hydrogens is 336 g/mol. The van der Waals surface area contributed by atoms with Crippen molar-refractivity contribution in [1.29, 1.82) is 0 Å². The molecule has 6 heteroatoms. The van der Waals surface area contributed by atoms with Crippen LogP contribution in [0.2, 0.25) is 0 Å². The van der Waals surface area contributed by atoms with E-state index >= 15 is 0 Å². The number of nitrogens with one attached hydrogen (secondary N) is 1. The van der Waals surface area contributed by atoms with Gasteiger partial charge in [-0.05, 0) is 19.8 Å². The molecule has 2 N–H and O–H groups in total. The average molecular weight is 358 g/mol. The van der Waals surface area contributed by atoms with Crippen LogP contribution < -0.4 is 5.32 Å². The molecule has 1 fully saturated rings. The molecule has 1 aliphatic carbocycles. The molecule has 3 rings (SSSR count). The number of hydrogen-bond donors (Lipinski definition) is 2. The van der Waals surface area contributed by atoms with Crippen LogP contribution >= 0.6 is 11.3 Å². The lowest BCUT2D eigenvalue weighted by atomic mass is 9.74. The van der Waals surface area contributed by atoms with Crippen LogP contribution in [0.25, 0.3) is 10.6 Å². The zero-order valence-electron chi connectivity index (χ0n) is 14.2. The summed E-state index contributed by atoms with van der Waals surface area (Å²) in [5.74, 6) is -1.52. The highest BCUT2D eigenvalue weighted by Gasteiger charge is 2.42. The predicted octanol–water partition coefficient (Wildman–Crippen LogP) is 3.50. The Bertz CT molecular complexity index is 759. The van der Waals surface area contributed by atoms with Gasteiger partial charge in [0.1, 0.15) is 5.01 Å². The van der Waals surface area contributed by atoms with Crippen LogP contribution in [0.1, 0.15) is 38.3 Å². The maximum absolute atomic E-state index is 12.5. The van der Waals surface area contributed by atoms with Crippen LogP contribution in [0.5, 0.6) is 0 Å².